The van der Waals surface area contributed by atoms with E-state index in [2.05, 4.69) is 11.4 Å². The zero-order valence-corrected chi connectivity index (χ0v) is 12.6. The Bertz CT molecular complexity index is 622. The summed E-state index contributed by atoms with van der Waals surface area (Å²) in [6.07, 6.45) is 0. The van der Waals surface area contributed by atoms with E-state index in [1.165, 1.54) is 12.0 Å². The minimum absolute atomic E-state index is 0.0234. The summed E-state index contributed by atoms with van der Waals surface area (Å²) in [5, 5.41) is 2.97. The summed E-state index contributed by atoms with van der Waals surface area (Å²) in [6, 6.07) is 9.08. The molecule has 0 spiro atoms. The van der Waals surface area contributed by atoms with Crippen molar-refractivity contribution in [3.8, 4) is 5.75 Å². The summed E-state index contributed by atoms with van der Waals surface area (Å²) in [5.41, 5.74) is 6.80. The lowest BCUT2D eigenvalue weighted by atomic mass is 10.1. The molecular formula is C15H18N2O2S. The number of thiophene rings is 1. The average molecular weight is 290 g/mol. The topological polar surface area (TPSA) is 64.3 Å². The van der Waals surface area contributed by atoms with Crippen LogP contribution in [0.5, 0.6) is 5.75 Å². The van der Waals surface area contributed by atoms with Gasteiger partial charge in [-0.15, -0.1) is 11.3 Å². The number of amides is 1. The standard InChI is InChI=1S/C15H18N2O2S/c1-9-4-7-14(20-9)10(2)17-15(18)11-5-6-12(16)13(8-11)19-3/h4-8,10H,16H2,1-3H3,(H,17,18). The van der Waals surface area contributed by atoms with Crippen molar-refractivity contribution in [2.45, 2.75) is 19.9 Å². The summed E-state index contributed by atoms with van der Waals surface area (Å²) in [5.74, 6) is 0.374. The highest BCUT2D eigenvalue weighted by molar-refractivity contribution is 7.12. The normalized spacial score (nSPS) is 11.9. The first kappa shape index (κ1) is 14.4. The van der Waals surface area contributed by atoms with Crippen molar-refractivity contribution in [1.82, 2.24) is 5.32 Å². The molecule has 106 valence electrons. The molecule has 2 aromatic rings. The van der Waals surface area contributed by atoms with Crippen LogP contribution in [0.15, 0.2) is 30.3 Å². The van der Waals surface area contributed by atoms with Crippen LogP contribution in [0.3, 0.4) is 0 Å². The summed E-state index contributed by atoms with van der Waals surface area (Å²) in [4.78, 5) is 14.6. The second-order valence-corrected chi connectivity index (χ2v) is 5.92. The molecule has 0 radical (unpaired) electrons. The quantitative estimate of drug-likeness (QED) is 0.850. The molecule has 1 unspecified atom stereocenters. The number of nitrogens with one attached hydrogen (secondary N) is 1. The molecule has 0 fully saturated rings. The van der Waals surface area contributed by atoms with Gasteiger partial charge in [0, 0.05) is 15.3 Å². The van der Waals surface area contributed by atoms with E-state index < -0.39 is 0 Å². The highest BCUT2D eigenvalue weighted by atomic mass is 32.1. The fourth-order valence-electron chi connectivity index (χ4n) is 1.89. The number of methoxy groups -OCH3 is 1. The maximum Gasteiger partial charge on any atom is 0.251 e. The zero-order chi connectivity index (χ0) is 14.7. The van der Waals surface area contributed by atoms with Crippen LogP contribution >= 0.6 is 11.3 Å². The number of anilines is 1. The van der Waals surface area contributed by atoms with E-state index in [9.17, 15) is 4.79 Å². The Morgan fingerprint density at radius 2 is 2.10 bits per heavy atom. The van der Waals surface area contributed by atoms with Gasteiger partial charge in [0.05, 0.1) is 18.8 Å². The number of hydrogen-bond donors (Lipinski definition) is 2. The van der Waals surface area contributed by atoms with E-state index in [4.69, 9.17) is 10.5 Å². The first-order valence-electron chi connectivity index (χ1n) is 6.32. The van der Waals surface area contributed by atoms with Gasteiger partial charge in [-0.05, 0) is 44.2 Å². The van der Waals surface area contributed by atoms with Gasteiger partial charge >= 0.3 is 0 Å². The zero-order valence-electron chi connectivity index (χ0n) is 11.8. The molecule has 1 atom stereocenters. The van der Waals surface area contributed by atoms with E-state index in [0.29, 0.717) is 17.0 Å². The van der Waals surface area contributed by atoms with Crippen LogP contribution in [0.25, 0.3) is 0 Å². The molecule has 4 nitrogen and oxygen atoms in total. The highest BCUT2D eigenvalue weighted by Crippen LogP contribution is 2.24. The molecule has 3 N–H and O–H groups in total. The number of nitrogens with two attached hydrogens (primary N) is 1. The lowest BCUT2D eigenvalue weighted by Crippen LogP contribution is -2.26. The van der Waals surface area contributed by atoms with Crippen LogP contribution in [0.1, 0.15) is 33.1 Å². The predicted molar refractivity (Wildman–Crippen MR) is 82.3 cm³/mol. The van der Waals surface area contributed by atoms with Crippen molar-refractivity contribution in [2.75, 3.05) is 12.8 Å². The summed E-state index contributed by atoms with van der Waals surface area (Å²) in [6.45, 7) is 4.02. The van der Waals surface area contributed by atoms with Crippen LogP contribution in [0, 0.1) is 6.92 Å². The summed E-state index contributed by atoms with van der Waals surface area (Å²) >= 11 is 1.68. The first-order chi connectivity index (χ1) is 9.51. The van der Waals surface area contributed by atoms with Crippen LogP contribution in [-0.4, -0.2) is 13.0 Å². The van der Waals surface area contributed by atoms with Crippen LogP contribution in [0.2, 0.25) is 0 Å². The Balaban J connectivity index is 2.12. The molecule has 0 aliphatic rings. The monoisotopic (exact) mass is 290 g/mol. The number of benzene rings is 1. The average Bonchev–Trinajstić information content (AvgIpc) is 2.86. The molecule has 1 amide bonds. The van der Waals surface area contributed by atoms with Gasteiger partial charge in [0.1, 0.15) is 5.75 Å². The first-order valence-corrected chi connectivity index (χ1v) is 7.13. The molecular weight excluding hydrogens is 272 g/mol. The van der Waals surface area contributed by atoms with Crippen molar-refractivity contribution in [3.05, 3.63) is 45.6 Å². The van der Waals surface area contributed by atoms with Crippen molar-refractivity contribution in [1.29, 1.82) is 0 Å². The highest BCUT2D eigenvalue weighted by Gasteiger charge is 2.14. The molecule has 1 aromatic carbocycles. The molecule has 0 bridgehead atoms. The largest absolute Gasteiger partial charge is 0.495 e. The Hall–Kier alpha value is -2.01. The van der Waals surface area contributed by atoms with E-state index in [1.807, 2.05) is 19.9 Å². The number of carbonyl (C=O) groups is 1. The number of nitrogen functional groups attached to an aromatic ring is 1. The van der Waals surface area contributed by atoms with Crippen molar-refractivity contribution < 1.29 is 9.53 Å². The molecule has 0 aliphatic heterocycles. The fourth-order valence-corrected chi connectivity index (χ4v) is 2.77. The molecule has 2 rings (SSSR count). The summed E-state index contributed by atoms with van der Waals surface area (Å²) < 4.78 is 5.13. The third kappa shape index (κ3) is 3.11. The van der Waals surface area contributed by atoms with Crippen molar-refractivity contribution in [3.63, 3.8) is 0 Å². The van der Waals surface area contributed by atoms with Crippen LogP contribution < -0.4 is 15.8 Å². The third-order valence-corrected chi connectivity index (χ3v) is 4.21. The van der Waals surface area contributed by atoms with Gasteiger partial charge in [0.15, 0.2) is 0 Å². The van der Waals surface area contributed by atoms with Crippen molar-refractivity contribution >= 4 is 22.9 Å². The predicted octanol–water partition coefficient (Wildman–Crippen LogP) is 3.14. The van der Waals surface area contributed by atoms with E-state index in [1.54, 1.807) is 29.5 Å². The smallest absolute Gasteiger partial charge is 0.251 e. The van der Waals surface area contributed by atoms with Gasteiger partial charge in [-0.2, -0.15) is 0 Å². The van der Waals surface area contributed by atoms with Gasteiger partial charge in [0.25, 0.3) is 5.91 Å². The number of aryl methyl sites for hydroxylation is 1. The van der Waals surface area contributed by atoms with E-state index >= 15 is 0 Å². The van der Waals surface area contributed by atoms with Crippen LogP contribution in [0.4, 0.5) is 5.69 Å². The minimum Gasteiger partial charge on any atom is -0.495 e. The fraction of sp³-hybridized carbons (Fsp3) is 0.267. The SMILES string of the molecule is COc1cc(C(=O)NC(C)c2ccc(C)s2)ccc1N. The molecule has 1 aromatic heterocycles. The van der Waals surface area contributed by atoms with Gasteiger partial charge in [0.2, 0.25) is 0 Å². The second-order valence-electron chi connectivity index (χ2n) is 4.60. The third-order valence-electron chi connectivity index (χ3n) is 3.03. The summed E-state index contributed by atoms with van der Waals surface area (Å²) in [7, 11) is 1.53. The molecule has 5 heteroatoms. The number of hydrogen-bond acceptors (Lipinski definition) is 4. The van der Waals surface area contributed by atoms with Gasteiger partial charge < -0.3 is 15.8 Å². The Morgan fingerprint density at radius 3 is 2.70 bits per heavy atom. The molecule has 0 aliphatic carbocycles. The lowest BCUT2D eigenvalue weighted by Gasteiger charge is -2.13. The molecule has 0 saturated carbocycles. The maximum atomic E-state index is 12.2. The Kier molecular flexibility index (Phi) is 4.29. The molecule has 20 heavy (non-hydrogen) atoms. The van der Waals surface area contributed by atoms with Gasteiger partial charge in [-0.1, -0.05) is 0 Å². The second kappa shape index (κ2) is 5.96. The van der Waals surface area contributed by atoms with Crippen LogP contribution in [-0.2, 0) is 0 Å². The van der Waals surface area contributed by atoms with E-state index in [0.717, 1.165) is 4.88 Å². The lowest BCUT2D eigenvalue weighted by molar-refractivity contribution is 0.0940. The maximum absolute atomic E-state index is 12.2. The van der Waals surface area contributed by atoms with Gasteiger partial charge in [-0.25, -0.2) is 0 Å². The Labute approximate surface area is 122 Å². The van der Waals surface area contributed by atoms with Crippen molar-refractivity contribution in [2.24, 2.45) is 0 Å². The van der Waals surface area contributed by atoms with Gasteiger partial charge in [-0.3, -0.25) is 4.79 Å². The molecule has 0 saturated heterocycles. The number of rotatable bonds is 4. The molecule has 1 heterocycles. The number of ether oxygens (including phenoxy) is 1. The number of carbonyl (C=O) groups excluding carboxylic acids is 1. The Morgan fingerprint density at radius 1 is 1.35 bits per heavy atom. The van der Waals surface area contributed by atoms with E-state index in [-0.39, 0.29) is 11.9 Å². The minimum atomic E-state index is -0.137.